The number of hydrogen-bond donors (Lipinski definition) is 0. The van der Waals surface area contributed by atoms with Gasteiger partial charge >= 0.3 is 0 Å². The Hall–Kier alpha value is -4.59. The third-order valence-corrected chi connectivity index (χ3v) is 7.18. The van der Waals surface area contributed by atoms with E-state index in [1.807, 2.05) is 42.5 Å². The molecule has 0 radical (unpaired) electrons. The summed E-state index contributed by atoms with van der Waals surface area (Å²) in [7, 11) is 0. The minimum absolute atomic E-state index is 0.105. The summed E-state index contributed by atoms with van der Waals surface area (Å²) < 4.78 is 15.2. The second-order valence-corrected chi connectivity index (χ2v) is 9.91. The van der Waals surface area contributed by atoms with Crippen molar-refractivity contribution in [3.63, 3.8) is 0 Å². The third kappa shape index (κ3) is 4.49. The molecule has 5 aromatic rings. The van der Waals surface area contributed by atoms with Gasteiger partial charge in [0.25, 0.3) is 11.5 Å². The monoisotopic (exact) mass is 568 g/mol. The largest absolute Gasteiger partial charge is 0.296 e. The van der Waals surface area contributed by atoms with Gasteiger partial charge in [-0.25, -0.2) is 9.37 Å². The van der Waals surface area contributed by atoms with E-state index in [0.29, 0.717) is 44.5 Å². The van der Waals surface area contributed by atoms with Gasteiger partial charge in [0, 0.05) is 16.3 Å². The van der Waals surface area contributed by atoms with E-state index < -0.39 is 11.7 Å². The highest BCUT2D eigenvalue weighted by Gasteiger charge is 2.32. The van der Waals surface area contributed by atoms with E-state index in [0.717, 1.165) is 5.56 Å². The summed E-state index contributed by atoms with van der Waals surface area (Å²) in [6.07, 6.45) is 1.68. The van der Waals surface area contributed by atoms with Crippen LogP contribution in [0.1, 0.15) is 17.0 Å². The van der Waals surface area contributed by atoms with Crippen LogP contribution in [-0.2, 0) is 4.79 Å². The Morgan fingerprint density at radius 2 is 1.55 bits per heavy atom. The number of aryl methyl sites for hydroxylation is 1. The molecule has 6 rings (SSSR count). The van der Waals surface area contributed by atoms with Crippen LogP contribution in [0.25, 0.3) is 22.7 Å². The second-order valence-electron chi connectivity index (χ2n) is 9.09. The van der Waals surface area contributed by atoms with E-state index in [4.69, 9.17) is 23.2 Å². The number of amides is 1. The summed E-state index contributed by atoms with van der Waals surface area (Å²) in [5, 5.41) is 0.675. The Labute approximate surface area is 238 Å². The molecule has 0 fully saturated rings. The number of carbonyl (C=O) groups excluding carboxylic acids is 1. The van der Waals surface area contributed by atoms with Crippen molar-refractivity contribution in [3.8, 4) is 5.69 Å². The number of rotatable bonds is 4. The first kappa shape index (κ1) is 25.7. The molecule has 4 aromatic carbocycles. The second kappa shape index (κ2) is 10.2. The molecule has 0 unspecified atom stereocenters. The smallest absolute Gasteiger partial charge is 0.289 e. The van der Waals surface area contributed by atoms with Crippen molar-refractivity contribution in [2.24, 2.45) is 4.99 Å². The van der Waals surface area contributed by atoms with E-state index in [1.54, 1.807) is 48.2 Å². The van der Waals surface area contributed by atoms with Crippen molar-refractivity contribution in [3.05, 3.63) is 140 Å². The molecule has 6 nitrogen and oxygen atoms in total. The Balaban J connectivity index is 1.56. The lowest BCUT2D eigenvalue weighted by Gasteiger charge is -2.22. The lowest BCUT2D eigenvalue weighted by Crippen LogP contribution is -2.28. The molecule has 0 bridgehead atoms. The van der Waals surface area contributed by atoms with E-state index in [-0.39, 0.29) is 16.3 Å². The average Bonchev–Trinajstić information content (AvgIpc) is 3.28. The molecule has 1 aromatic heterocycles. The number of hydrogen-bond acceptors (Lipinski definition) is 4. The maximum Gasteiger partial charge on any atom is 0.296 e. The van der Waals surface area contributed by atoms with Crippen LogP contribution in [0.5, 0.6) is 0 Å². The van der Waals surface area contributed by atoms with Crippen LogP contribution in [0.4, 0.5) is 10.1 Å². The van der Waals surface area contributed by atoms with Gasteiger partial charge in [-0.15, -0.1) is 0 Å². The maximum atomic E-state index is 13.8. The quantitative estimate of drug-likeness (QED) is 0.219. The number of aromatic nitrogens is 2. The summed E-state index contributed by atoms with van der Waals surface area (Å²) in [4.78, 5) is 37.7. The topological polar surface area (TPSA) is 67.6 Å². The predicted molar refractivity (Wildman–Crippen MR) is 157 cm³/mol. The van der Waals surface area contributed by atoms with Gasteiger partial charge < -0.3 is 0 Å². The van der Waals surface area contributed by atoms with Gasteiger partial charge in [0.05, 0.1) is 21.6 Å². The van der Waals surface area contributed by atoms with Gasteiger partial charge in [0.15, 0.2) is 0 Å². The summed E-state index contributed by atoms with van der Waals surface area (Å²) in [6.45, 7) is 1.69. The van der Waals surface area contributed by atoms with Crippen LogP contribution in [-0.4, -0.2) is 21.3 Å². The average molecular weight is 569 g/mol. The van der Waals surface area contributed by atoms with E-state index in [9.17, 15) is 14.0 Å². The van der Waals surface area contributed by atoms with Crippen LogP contribution in [0, 0.1) is 12.7 Å². The van der Waals surface area contributed by atoms with Gasteiger partial charge in [0.1, 0.15) is 23.2 Å². The Morgan fingerprint density at radius 1 is 0.825 bits per heavy atom. The molecule has 1 amide bonds. The van der Waals surface area contributed by atoms with Gasteiger partial charge in [-0.05, 0) is 61.0 Å². The van der Waals surface area contributed by atoms with Gasteiger partial charge in [-0.1, -0.05) is 71.7 Å². The van der Waals surface area contributed by atoms with E-state index in [2.05, 4.69) is 9.98 Å². The van der Waals surface area contributed by atoms with Crippen molar-refractivity contribution in [2.45, 2.75) is 6.92 Å². The summed E-state index contributed by atoms with van der Waals surface area (Å²) in [5.74, 6) is -0.209. The fraction of sp³-hybridized carbons (Fsp3) is 0.0323. The van der Waals surface area contributed by atoms with Crippen LogP contribution < -0.4 is 10.5 Å². The molecule has 0 atom stereocenters. The predicted octanol–water partition coefficient (Wildman–Crippen LogP) is 6.97. The van der Waals surface area contributed by atoms with Crippen LogP contribution >= 0.6 is 23.2 Å². The van der Waals surface area contributed by atoms with Crippen molar-refractivity contribution >= 4 is 57.6 Å². The first-order valence-corrected chi connectivity index (χ1v) is 13.0. The highest BCUT2D eigenvalue weighted by molar-refractivity contribution is 6.33. The van der Waals surface area contributed by atoms with Crippen LogP contribution in [0.2, 0.25) is 10.0 Å². The molecular formula is C31H19Cl2FN4O2. The molecule has 0 aliphatic carbocycles. The zero-order valence-corrected chi connectivity index (χ0v) is 22.5. The zero-order chi connectivity index (χ0) is 28.0. The highest BCUT2D eigenvalue weighted by Crippen LogP contribution is 2.32. The number of fused-ring (bicyclic) bond motifs is 1. The third-order valence-electron chi connectivity index (χ3n) is 6.55. The number of nitrogens with zero attached hydrogens (tertiary/aromatic N) is 4. The molecule has 2 heterocycles. The van der Waals surface area contributed by atoms with Crippen LogP contribution in [0.15, 0.2) is 106 Å². The molecule has 0 saturated heterocycles. The number of anilines is 1. The lowest BCUT2D eigenvalue weighted by molar-refractivity contribution is -0.113. The number of carbonyl (C=O) groups is 1. The summed E-state index contributed by atoms with van der Waals surface area (Å²) in [6, 6.07) is 25.7. The van der Waals surface area contributed by atoms with Crippen molar-refractivity contribution in [1.82, 2.24) is 9.55 Å². The van der Waals surface area contributed by atoms with E-state index in [1.165, 1.54) is 22.8 Å². The first-order valence-electron chi connectivity index (χ1n) is 12.3. The normalized spacial score (nSPS) is 14.3. The van der Waals surface area contributed by atoms with Gasteiger partial charge in [0.2, 0.25) is 0 Å². The van der Waals surface area contributed by atoms with E-state index >= 15 is 0 Å². The number of halogens is 3. The Morgan fingerprint density at radius 3 is 2.30 bits per heavy atom. The molecule has 0 spiro atoms. The number of amidine groups is 1. The molecule has 0 saturated carbocycles. The standard InChI is InChI=1S/C31H19Cl2FN4O2/c1-18-35-27-14-12-21(16-23(27)31(40)37(18)22-11-13-26(34)25(33)17-22)38-28(15-20-9-5-6-10-24(20)32)30(39)36-29(38)19-7-3-2-4-8-19/h2-17H,1H3/b28-15+. The molecule has 0 N–H and O–H groups in total. The molecular weight excluding hydrogens is 550 g/mol. The van der Waals surface area contributed by atoms with Crippen LogP contribution in [0.3, 0.4) is 0 Å². The summed E-state index contributed by atoms with van der Waals surface area (Å²) in [5.41, 5.74) is 2.66. The molecule has 40 heavy (non-hydrogen) atoms. The Bertz CT molecular complexity index is 1950. The van der Waals surface area contributed by atoms with Crippen molar-refractivity contribution < 1.29 is 9.18 Å². The molecule has 1 aliphatic heterocycles. The lowest BCUT2D eigenvalue weighted by atomic mass is 10.1. The van der Waals surface area contributed by atoms with Crippen molar-refractivity contribution in [2.75, 3.05) is 4.90 Å². The zero-order valence-electron chi connectivity index (χ0n) is 21.0. The molecule has 9 heteroatoms. The van der Waals surface area contributed by atoms with Gasteiger partial charge in [-0.3, -0.25) is 19.1 Å². The number of benzene rings is 4. The SMILES string of the molecule is Cc1nc2ccc(N3C(c4ccccc4)=NC(=O)/C3=C\c3ccccc3Cl)cc2c(=O)n1-c1ccc(F)c(Cl)c1. The van der Waals surface area contributed by atoms with Gasteiger partial charge in [-0.2, -0.15) is 4.99 Å². The molecule has 196 valence electrons. The summed E-state index contributed by atoms with van der Waals surface area (Å²) >= 11 is 12.4. The Kier molecular flexibility index (Phi) is 6.54. The fourth-order valence-corrected chi connectivity index (χ4v) is 5.04. The minimum atomic E-state index is -0.587. The molecule has 1 aliphatic rings. The number of aliphatic imine (C=N–C) groups is 1. The fourth-order valence-electron chi connectivity index (χ4n) is 4.67. The maximum absolute atomic E-state index is 13.8. The minimum Gasteiger partial charge on any atom is -0.289 e. The first-order chi connectivity index (χ1) is 19.3. The van der Waals surface area contributed by atoms with Crippen molar-refractivity contribution in [1.29, 1.82) is 0 Å². The highest BCUT2D eigenvalue weighted by atomic mass is 35.5.